The highest BCUT2D eigenvalue weighted by atomic mass is 16.5. The molecule has 0 saturated carbocycles. The monoisotopic (exact) mass is 263 g/mol. The molecule has 1 unspecified atom stereocenters. The Morgan fingerprint density at radius 1 is 1.26 bits per heavy atom. The Bertz CT molecular complexity index is 358. The highest BCUT2D eigenvalue weighted by molar-refractivity contribution is 5.23. The Morgan fingerprint density at radius 3 is 2.58 bits per heavy atom. The summed E-state index contributed by atoms with van der Waals surface area (Å²) in [5, 5.41) is 3.22. The van der Waals surface area contributed by atoms with Crippen LogP contribution in [0.2, 0.25) is 0 Å². The van der Waals surface area contributed by atoms with Crippen molar-refractivity contribution in [1.82, 2.24) is 5.32 Å². The summed E-state index contributed by atoms with van der Waals surface area (Å²) < 4.78 is 11.5. The van der Waals surface area contributed by atoms with Crippen LogP contribution in [0.4, 0.5) is 0 Å². The number of nitrogens with one attached hydrogen (secondary N) is 1. The summed E-state index contributed by atoms with van der Waals surface area (Å²) in [7, 11) is 1.97. The normalized spacial score (nSPS) is 18.4. The van der Waals surface area contributed by atoms with Gasteiger partial charge in [-0.15, -0.1) is 0 Å². The van der Waals surface area contributed by atoms with Crippen LogP contribution >= 0.6 is 0 Å². The molecule has 2 rings (SSSR count). The van der Waals surface area contributed by atoms with E-state index in [2.05, 4.69) is 36.5 Å². The van der Waals surface area contributed by atoms with Gasteiger partial charge >= 0.3 is 0 Å². The second-order valence-electron chi connectivity index (χ2n) is 5.35. The number of likely N-dealkylation sites (N-methyl/N-ethyl adjacent to an activating group) is 1. The van der Waals surface area contributed by atoms with Crippen molar-refractivity contribution in [3.63, 3.8) is 0 Å². The molecule has 0 aromatic heterocycles. The van der Waals surface area contributed by atoms with Crippen molar-refractivity contribution < 1.29 is 9.47 Å². The lowest BCUT2D eigenvalue weighted by Gasteiger charge is -2.25. The second kappa shape index (κ2) is 7.63. The number of rotatable bonds is 6. The largest absolute Gasteiger partial charge is 0.381 e. The van der Waals surface area contributed by atoms with Gasteiger partial charge in [0, 0.05) is 19.8 Å². The Balaban J connectivity index is 1.89. The molecule has 0 bridgehead atoms. The zero-order valence-electron chi connectivity index (χ0n) is 12.0. The molecule has 1 aliphatic heterocycles. The molecule has 1 N–H and O–H groups in total. The van der Waals surface area contributed by atoms with E-state index in [4.69, 9.17) is 9.47 Å². The minimum absolute atomic E-state index is 0.147. The highest BCUT2D eigenvalue weighted by Gasteiger charge is 2.17. The zero-order chi connectivity index (χ0) is 13.5. The molecule has 1 aromatic rings. The lowest BCUT2D eigenvalue weighted by molar-refractivity contribution is -0.0108. The summed E-state index contributed by atoms with van der Waals surface area (Å²) in [5.74, 6) is 0.651. The van der Waals surface area contributed by atoms with E-state index in [-0.39, 0.29) is 6.10 Å². The predicted octanol–water partition coefficient (Wildman–Crippen LogP) is 2.70. The van der Waals surface area contributed by atoms with Gasteiger partial charge in [0.15, 0.2) is 0 Å². The highest BCUT2D eigenvalue weighted by Crippen LogP contribution is 2.21. The third-order valence-corrected chi connectivity index (χ3v) is 3.71. The molecule has 1 saturated heterocycles. The van der Waals surface area contributed by atoms with E-state index in [1.165, 1.54) is 11.1 Å². The van der Waals surface area contributed by atoms with E-state index in [1.54, 1.807) is 0 Å². The number of benzene rings is 1. The van der Waals surface area contributed by atoms with Crippen molar-refractivity contribution in [2.75, 3.05) is 33.4 Å². The van der Waals surface area contributed by atoms with Gasteiger partial charge in [-0.2, -0.15) is 0 Å². The van der Waals surface area contributed by atoms with Crippen LogP contribution < -0.4 is 5.32 Å². The average Bonchev–Trinajstić information content (AvgIpc) is 2.46. The minimum Gasteiger partial charge on any atom is -0.381 e. The molecule has 3 nitrogen and oxygen atoms in total. The SMILES string of the molecule is CNCC(OCC1CCOCC1)c1ccc(C)cc1. The van der Waals surface area contributed by atoms with Crippen LogP contribution in [0.1, 0.15) is 30.1 Å². The van der Waals surface area contributed by atoms with Gasteiger partial charge in [-0.1, -0.05) is 29.8 Å². The van der Waals surface area contributed by atoms with Gasteiger partial charge in [-0.25, -0.2) is 0 Å². The van der Waals surface area contributed by atoms with Crippen molar-refractivity contribution >= 4 is 0 Å². The lowest BCUT2D eigenvalue weighted by atomic mass is 10.0. The molecular weight excluding hydrogens is 238 g/mol. The van der Waals surface area contributed by atoms with Crippen LogP contribution in [0.5, 0.6) is 0 Å². The van der Waals surface area contributed by atoms with Crippen molar-refractivity contribution in [2.45, 2.75) is 25.9 Å². The number of aryl methyl sites for hydroxylation is 1. The molecule has 0 spiro atoms. The Labute approximate surface area is 116 Å². The fourth-order valence-electron chi connectivity index (χ4n) is 2.40. The van der Waals surface area contributed by atoms with E-state index in [9.17, 15) is 0 Å². The number of hydrogen-bond acceptors (Lipinski definition) is 3. The minimum atomic E-state index is 0.147. The molecule has 1 atom stereocenters. The molecule has 1 fully saturated rings. The summed E-state index contributed by atoms with van der Waals surface area (Å²) in [6.07, 6.45) is 2.40. The maximum absolute atomic E-state index is 6.13. The van der Waals surface area contributed by atoms with Gasteiger partial charge in [-0.3, -0.25) is 0 Å². The quantitative estimate of drug-likeness (QED) is 0.856. The zero-order valence-corrected chi connectivity index (χ0v) is 12.0. The van der Waals surface area contributed by atoms with Crippen LogP contribution in [0.15, 0.2) is 24.3 Å². The van der Waals surface area contributed by atoms with Gasteiger partial charge in [0.2, 0.25) is 0 Å². The van der Waals surface area contributed by atoms with E-state index in [0.717, 1.165) is 39.2 Å². The van der Waals surface area contributed by atoms with E-state index >= 15 is 0 Å². The Kier molecular flexibility index (Phi) is 5.83. The first-order valence-electron chi connectivity index (χ1n) is 7.20. The van der Waals surface area contributed by atoms with E-state index in [1.807, 2.05) is 7.05 Å². The van der Waals surface area contributed by atoms with Crippen LogP contribution in [0.3, 0.4) is 0 Å². The van der Waals surface area contributed by atoms with Gasteiger partial charge in [0.1, 0.15) is 0 Å². The molecule has 1 aromatic carbocycles. The van der Waals surface area contributed by atoms with Crippen molar-refractivity contribution in [1.29, 1.82) is 0 Å². The molecule has 0 radical (unpaired) electrons. The molecule has 0 aliphatic carbocycles. The van der Waals surface area contributed by atoms with Crippen LogP contribution in [-0.2, 0) is 9.47 Å². The molecule has 106 valence electrons. The van der Waals surface area contributed by atoms with Crippen LogP contribution in [0, 0.1) is 12.8 Å². The predicted molar refractivity (Wildman–Crippen MR) is 77.3 cm³/mol. The van der Waals surface area contributed by atoms with Crippen molar-refractivity contribution in [3.05, 3.63) is 35.4 Å². The molecule has 0 amide bonds. The molecule has 3 heteroatoms. The number of ether oxygens (including phenoxy) is 2. The van der Waals surface area contributed by atoms with Crippen molar-refractivity contribution in [2.24, 2.45) is 5.92 Å². The Morgan fingerprint density at radius 2 is 1.95 bits per heavy atom. The first-order valence-corrected chi connectivity index (χ1v) is 7.20. The summed E-state index contributed by atoms with van der Waals surface area (Å²) in [6, 6.07) is 8.63. The number of hydrogen-bond donors (Lipinski definition) is 1. The molecule has 19 heavy (non-hydrogen) atoms. The molecule has 1 heterocycles. The van der Waals surface area contributed by atoms with Gasteiger partial charge in [0.25, 0.3) is 0 Å². The summed E-state index contributed by atoms with van der Waals surface area (Å²) >= 11 is 0. The van der Waals surface area contributed by atoms with Crippen molar-refractivity contribution in [3.8, 4) is 0 Å². The first kappa shape index (κ1) is 14.5. The van der Waals surface area contributed by atoms with Gasteiger partial charge in [0.05, 0.1) is 12.7 Å². The van der Waals surface area contributed by atoms with E-state index < -0.39 is 0 Å². The summed E-state index contributed by atoms with van der Waals surface area (Å²) in [4.78, 5) is 0. The average molecular weight is 263 g/mol. The second-order valence-corrected chi connectivity index (χ2v) is 5.35. The standard InChI is InChI=1S/C16H25NO2/c1-13-3-5-15(6-4-13)16(11-17-2)19-12-14-7-9-18-10-8-14/h3-6,14,16-17H,7-12H2,1-2H3. The third kappa shape index (κ3) is 4.60. The molecule has 1 aliphatic rings. The Hall–Kier alpha value is -0.900. The van der Waals surface area contributed by atoms with E-state index in [0.29, 0.717) is 5.92 Å². The lowest BCUT2D eigenvalue weighted by Crippen LogP contribution is -2.25. The van der Waals surface area contributed by atoms with Gasteiger partial charge < -0.3 is 14.8 Å². The van der Waals surface area contributed by atoms with Crippen LogP contribution in [-0.4, -0.2) is 33.4 Å². The van der Waals surface area contributed by atoms with Gasteiger partial charge in [-0.05, 0) is 38.3 Å². The summed E-state index contributed by atoms with van der Waals surface area (Å²) in [6.45, 7) is 5.57. The molecular formula is C16H25NO2. The maximum Gasteiger partial charge on any atom is 0.0949 e. The smallest absolute Gasteiger partial charge is 0.0949 e. The fraction of sp³-hybridized carbons (Fsp3) is 0.625. The maximum atomic E-state index is 6.13. The fourth-order valence-corrected chi connectivity index (χ4v) is 2.40. The third-order valence-electron chi connectivity index (χ3n) is 3.71. The topological polar surface area (TPSA) is 30.5 Å². The van der Waals surface area contributed by atoms with Crippen LogP contribution in [0.25, 0.3) is 0 Å². The summed E-state index contributed by atoms with van der Waals surface area (Å²) in [5.41, 5.74) is 2.54. The first-order chi connectivity index (χ1) is 9.29.